The van der Waals surface area contributed by atoms with Gasteiger partial charge in [0, 0.05) is 13.1 Å². The zero-order chi connectivity index (χ0) is 16.5. The summed E-state index contributed by atoms with van der Waals surface area (Å²) in [5, 5.41) is 3.06. The van der Waals surface area contributed by atoms with Gasteiger partial charge in [-0.15, -0.1) is 0 Å². The minimum absolute atomic E-state index is 0.242. The molecule has 4 heterocycles. The summed E-state index contributed by atoms with van der Waals surface area (Å²) in [6.45, 7) is 7.20. The molecular formula is C14H22N4O3S3. The Morgan fingerprint density at radius 3 is 1.62 bits per heavy atom. The zero-order valence-electron chi connectivity index (χ0n) is 13.5. The summed E-state index contributed by atoms with van der Waals surface area (Å²) in [7, 11) is -0.242. The van der Waals surface area contributed by atoms with Crippen molar-refractivity contribution >= 4 is 50.6 Å². The predicted octanol–water partition coefficient (Wildman–Crippen LogP) is 0.445. The molecule has 0 aromatic heterocycles. The van der Waals surface area contributed by atoms with Gasteiger partial charge in [-0.1, -0.05) is 0 Å². The second-order valence-electron chi connectivity index (χ2n) is 5.81. The van der Waals surface area contributed by atoms with E-state index in [1.165, 1.54) is 5.11 Å². The fourth-order valence-electron chi connectivity index (χ4n) is 3.21. The van der Waals surface area contributed by atoms with Crippen LogP contribution in [-0.4, -0.2) is 99.6 Å². The second kappa shape index (κ2) is 7.38. The van der Waals surface area contributed by atoms with Crippen molar-refractivity contribution in [1.82, 2.24) is 18.4 Å². The van der Waals surface area contributed by atoms with E-state index < -0.39 is 0 Å². The van der Waals surface area contributed by atoms with E-state index >= 15 is 0 Å². The van der Waals surface area contributed by atoms with Crippen molar-refractivity contribution in [3.63, 3.8) is 0 Å². The molecule has 2 fully saturated rings. The molecule has 0 bridgehead atoms. The molecule has 0 saturated carbocycles. The molecule has 7 nitrogen and oxygen atoms in total. The molecule has 0 aromatic carbocycles. The minimum atomic E-state index is -0.242. The molecule has 134 valence electrons. The van der Waals surface area contributed by atoms with E-state index in [0.29, 0.717) is 39.6 Å². The number of thiocarbonyl (C=S) groups is 2. The summed E-state index contributed by atoms with van der Waals surface area (Å²) in [4.78, 5) is 4.52. The summed E-state index contributed by atoms with van der Waals surface area (Å²) in [5.74, 6) is 0. The zero-order valence-corrected chi connectivity index (χ0v) is 16.0. The summed E-state index contributed by atoms with van der Waals surface area (Å²) in [5.41, 5.74) is 0. The van der Waals surface area contributed by atoms with Crippen LogP contribution in [0, 0.1) is 0 Å². The number of ether oxygens (including phenoxy) is 3. The van der Waals surface area contributed by atoms with Crippen LogP contribution in [0.25, 0.3) is 0 Å². The van der Waals surface area contributed by atoms with Crippen molar-refractivity contribution in [2.24, 2.45) is 0 Å². The molecular weight excluding hydrogens is 368 g/mol. The van der Waals surface area contributed by atoms with Gasteiger partial charge in [-0.05, 0) is 30.9 Å². The van der Waals surface area contributed by atoms with E-state index in [2.05, 4.69) is 18.4 Å². The number of rotatable bonds is 0. The van der Waals surface area contributed by atoms with Gasteiger partial charge in [0.2, 0.25) is 0 Å². The first-order valence-corrected chi connectivity index (χ1v) is 10.3. The normalized spacial score (nSPS) is 26.9. The summed E-state index contributed by atoms with van der Waals surface area (Å²) >= 11 is 11.5. The molecule has 0 radical (unpaired) electrons. The smallest absolute Gasteiger partial charge is 0.188 e. The molecule has 4 aliphatic rings. The highest BCUT2D eigenvalue weighted by atomic mass is 32.2. The second-order valence-corrected chi connectivity index (χ2v) is 8.32. The Kier molecular flexibility index (Phi) is 5.21. The molecule has 0 unspecified atom stereocenters. The van der Waals surface area contributed by atoms with Crippen molar-refractivity contribution in [2.75, 3.05) is 65.8 Å². The van der Waals surface area contributed by atoms with E-state index in [1.54, 1.807) is 0 Å². The first-order chi connectivity index (χ1) is 11.8. The number of hydrogen-bond acceptors (Lipinski definition) is 5. The molecule has 0 spiro atoms. The Morgan fingerprint density at radius 1 is 0.667 bits per heavy atom. The molecule has 0 aromatic rings. The van der Waals surface area contributed by atoms with E-state index in [9.17, 15) is 0 Å². The van der Waals surface area contributed by atoms with Gasteiger partial charge >= 0.3 is 0 Å². The third-order valence-corrected chi connectivity index (χ3v) is 7.74. The molecule has 4 aliphatic heterocycles. The quantitative estimate of drug-likeness (QED) is 0.548. The molecule has 2 saturated heterocycles. The first kappa shape index (κ1) is 16.9. The molecule has 24 heavy (non-hydrogen) atoms. The maximum atomic E-state index is 5.75. The summed E-state index contributed by atoms with van der Waals surface area (Å²) < 4.78 is 21.4. The number of nitrogens with zero attached hydrogens (tertiary/aromatic N) is 4. The topological polar surface area (TPSA) is 40.7 Å². The maximum absolute atomic E-state index is 5.75. The van der Waals surface area contributed by atoms with Crippen LogP contribution in [0.4, 0.5) is 0 Å². The van der Waals surface area contributed by atoms with Crippen molar-refractivity contribution in [1.29, 1.82) is 0 Å². The Balaban J connectivity index is 1.59. The van der Waals surface area contributed by atoms with Gasteiger partial charge in [-0.25, -0.2) is 0 Å². The van der Waals surface area contributed by atoms with Crippen molar-refractivity contribution < 1.29 is 14.2 Å². The van der Waals surface area contributed by atoms with Gasteiger partial charge in [-0.2, -0.15) is 0 Å². The van der Waals surface area contributed by atoms with Crippen LogP contribution >= 0.6 is 35.3 Å². The van der Waals surface area contributed by atoms with Gasteiger partial charge in [0.1, 0.15) is 0 Å². The van der Waals surface area contributed by atoms with E-state index in [4.69, 9.17) is 38.6 Å². The number of hydrogen-bond donors (Lipinski definition) is 0. The van der Waals surface area contributed by atoms with Crippen LogP contribution in [0.5, 0.6) is 0 Å². The van der Waals surface area contributed by atoms with Crippen molar-refractivity contribution in [2.45, 2.75) is 6.42 Å². The lowest BCUT2D eigenvalue weighted by molar-refractivity contribution is 0.0131. The van der Waals surface area contributed by atoms with Crippen LogP contribution in [0.1, 0.15) is 6.42 Å². The van der Waals surface area contributed by atoms with Gasteiger partial charge < -0.3 is 14.2 Å². The van der Waals surface area contributed by atoms with Crippen molar-refractivity contribution in [3.05, 3.63) is 0 Å². The minimum Gasteiger partial charge on any atom is -0.377 e. The monoisotopic (exact) mass is 390 g/mol. The SMILES string of the molecule is S=C1N2CCCN3C(=S)N4CCOCCOCCOCCN1S4=C23. The fourth-order valence-corrected chi connectivity index (χ4v) is 6.66. The third kappa shape index (κ3) is 2.93. The average Bonchev–Trinajstić information content (AvgIpc) is 3.03. The Labute approximate surface area is 155 Å². The first-order valence-electron chi connectivity index (χ1n) is 8.32. The van der Waals surface area contributed by atoms with Crippen LogP contribution < -0.4 is 0 Å². The highest BCUT2D eigenvalue weighted by molar-refractivity contribution is 8.14. The Hall–Kier alpha value is -0.520. The maximum Gasteiger partial charge on any atom is 0.188 e. The van der Waals surface area contributed by atoms with E-state index in [0.717, 1.165) is 42.8 Å². The van der Waals surface area contributed by atoms with Gasteiger partial charge in [0.05, 0.1) is 63.6 Å². The average molecular weight is 391 g/mol. The van der Waals surface area contributed by atoms with Crippen LogP contribution in [-0.2, 0) is 14.2 Å². The molecule has 4 rings (SSSR count). The Bertz CT molecular complexity index is 529. The molecule has 10 heteroatoms. The van der Waals surface area contributed by atoms with E-state index in [1.807, 2.05) is 0 Å². The van der Waals surface area contributed by atoms with Gasteiger partial charge in [0.15, 0.2) is 15.3 Å². The standard InChI is InChI=1S/C14H22N4O3S3/c22-12-15-2-1-3-16-13(23)18-5-7-20-9-11-21-10-8-19-6-4-17(12)24(18)14(15)16/h1-11H2. The lowest BCUT2D eigenvalue weighted by atomic mass is 10.3. The van der Waals surface area contributed by atoms with Crippen LogP contribution in [0.15, 0.2) is 0 Å². The fraction of sp³-hybridized carbons (Fsp3) is 0.786. The van der Waals surface area contributed by atoms with Gasteiger partial charge in [0.25, 0.3) is 0 Å². The summed E-state index contributed by atoms with van der Waals surface area (Å²) in [6.07, 6.45) is 1.08. The third-order valence-electron chi connectivity index (χ3n) is 4.32. The van der Waals surface area contributed by atoms with E-state index in [-0.39, 0.29) is 10.9 Å². The van der Waals surface area contributed by atoms with Crippen LogP contribution in [0.3, 0.4) is 0 Å². The molecule has 0 atom stereocenters. The molecule has 0 aliphatic carbocycles. The summed E-state index contributed by atoms with van der Waals surface area (Å²) in [6, 6.07) is 0. The predicted molar refractivity (Wildman–Crippen MR) is 102 cm³/mol. The Morgan fingerprint density at radius 2 is 1.12 bits per heavy atom. The molecule has 0 N–H and O–H groups in total. The lowest BCUT2D eigenvalue weighted by Gasteiger charge is -2.37. The van der Waals surface area contributed by atoms with Gasteiger partial charge in [-0.3, -0.25) is 18.4 Å². The lowest BCUT2D eigenvalue weighted by Crippen LogP contribution is -2.53. The largest absolute Gasteiger partial charge is 0.377 e. The van der Waals surface area contributed by atoms with Crippen LogP contribution in [0.2, 0.25) is 0 Å². The van der Waals surface area contributed by atoms with Crippen molar-refractivity contribution in [3.8, 4) is 0 Å². The highest BCUT2D eigenvalue weighted by Crippen LogP contribution is 2.43. The molecule has 0 amide bonds. The highest BCUT2D eigenvalue weighted by Gasteiger charge is 2.48.